The fourth-order valence-electron chi connectivity index (χ4n) is 3.28. The van der Waals surface area contributed by atoms with Crippen molar-refractivity contribution in [2.24, 2.45) is 0 Å². The second-order valence-electron chi connectivity index (χ2n) is 6.76. The summed E-state index contributed by atoms with van der Waals surface area (Å²) in [5, 5.41) is 0. The van der Waals surface area contributed by atoms with Crippen LogP contribution in [0.15, 0.2) is 53.8 Å². The number of benzene rings is 1. The van der Waals surface area contributed by atoms with E-state index in [0.717, 1.165) is 30.0 Å². The van der Waals surface area contributed by atoms with Crippen molar-refractivity contribution in [1.29, 1.82) is 0 Å². The fraction of sp³-hybridized carbons (Fsp3) is 0.333. The number of sulfonamides is 1. The summed E-state index contributed by atoms with van der Waals surface area (Å²) in [7, 11) is -3.83. The van der Waals surface area contributed by atoms with E-state index in [4.69, 9.17) is 0 Å². The Labute approximate surface area is 165 Å². The lowest BCUT2D eigenvalue weighted by Gasteiger charge is -2.33. The van der Waals surface area contributed by atoms with Crippen LogP contribution < -0.4 is 0 Å². The topological polar surface area (TPSA) is 70.8 Å². The lowest BCUT2D eigenvalue weighted by atomic mass is 10.2. The molecule has 0 unspecified atom stereocenters. The van der Waals surface area contributed by atoms with Gasteiger partial charge in [0.2, 0.25) is 15.8 Å². The number of alkyl halides is 3. The molecule has 1 saturated heterocycles. The summed E-state index contributed by atoms with van der Waals surface area (Å²) in [5.41, 5.74) is -0.0361. The molecule has 0 radical (unpaired) electrons. The number of fused-ring (bicyclic) bond motifs is 1. The minimum Gasteiger partial charge on any atom is -0.295 e. The van der Waals surface area contributed by atoms with E-state index in [2.05, 4.69) is 14.9 Å². The minimum absolute atomic E-state index is 0.134. The van der Waals surface area contributed by atoms with Crippen LogP contribution in [0.25, 0.3) is 5.78 Å². The Morgan fingerprint density at radius 3 is 2.34 bits per heavy atom. The molecule has 29 heavy (non-hydrogen) atoms. The van der Waals surface area contributed by atoms with E-state index in [-0.39, 0.29) is 18.0 Å². The van der Waals surface area contributed by atoms with Gasteiger partial charge in [0.15, 0.2) is 0 Å². The molecule has 11 heteroatoms. The Balaban J connectivity index is 1.40. The van der Waals surface area contributed by atoms with Gasteiger partial charge in [0, 0.05) is 51.3 Å². The standard InChI is InChI=1S/C18H18F3N5O2S/c19-18(20,21)14-2-4-16(5-3-14)29(27,28)26-10-8-24(9-11-26)12-15-13-25-7-1-6-22-17(25)23-15/h1-7,13H,8-12H2. The average molecular weight is 425 g/mol. The molecule has 2 aromatic heterocycles. The highest BCUT2D eigenvalue weighted by Gasteiger charge is 2.32. The van der Waals surface area contributed by atoms with Crippen LogP contribution in [-0.4, -0.2) is 58.2 Å². The van der Waals surface area contributed by atoms with Crippen LogP contribution >= 0.6 is 0 Å². The van der Waals surface area contributed by atoms with Gasteiger partial charge >= 0.3 is 6.18 Å². The number of hydrogen-bond donors (Lipinski definition) is 0. The van der Waals surface area contributed by atoms with Crippen molar-refractivity contribution in [3.63, 3.8) is 0 Å². The molecule has 0 atom stereocenters. The maximum atomic E-state index is 12.7. The van der Waals surface area contributed by atoms with E-state index in [1.54, 1.807) is 6.20 Å². The Bertz CT molecular complexity index is 1070. The van der Waals surface area contributed by atoms with Gasteiger partial charge in [-0.25, -0.2) is 18.4 Å². The predicted molar refractivity (Wildman–Crippen MR) is 98.5 cm³/mol. The van der Waals surface area contributed by atoms with Crippen molar-refractivity contribution in [2.45, 2.75) is 17.6 Å². The average Bonchev–Trinajstić information content (AvgIpc) is 3.10. The lowest BCUT2D eigenvalue weighted by Crippen LogP contribution is -2.48. The first kappa shape index (κ1) is 19.8. The maximum Gasteiger partial charge on any atom is 0.416 e. The SMILES string of the molecule is O=S(=O)(c1ccc(C(F)(F)F)cc1)N1CCN(Cc2cn3cccnc3n2)CC1. The lowest BCUT2D eigenvalue weighted by molar-refractivity contribution is -0.137. The van der Waals surface area contributed by atoms with Crippen LogP contribution in [0.4, 0.5) is 13.2 Å². The third-order valence-corrected chi connectivity index (χ3v) is 6.73. The number of halogens is 3. The van der Waals surface area contributed by atoms with Gasteiger partial charge in [-0.1, -0.05) is 0 Å². The second kappa shape index (κ2) is 7.39. The highest BCUT2D eigenvalue weighted by atomic mass is 32.2. The van der Waals surface area contributed by atoms with E-state index in [9.17, 15) is 21.6 Å². The van der Waals surface area contributed by atoms with Crippen LogP contribution in [0.1, 0.15) is 11.3 Å². The fourth-order valence-corrected chi connectivity index (χ4v) is 4.70. The minimum atomic E-state index is -4.50. The molecule has 4 rings (SSSR count). The van der Waals surface area contributed by atoms with Gasteiger partial charge in [-0.15, -0.1) is 0 Å². The molecule has 3 heterocycles. The molecule has 0 saturated carbocycles. The summed E-state index contributed by atoms with van der Waals surface area (Å²) in [5.74, 6) is 0.603. The molecular formula is C18H18F3N5O2S. The van der Waals surface area contributed by atoms with E-state index in [1.807, 2.05) is 22.9 Å². The third-order valence-electron chi connectivity index (χ3n) is 4.82. The van der Waals surface area contributed by atoms with Crippen molar-refractivity contribution < 1.29 is 21.6 Å². The first-order chi connectivity index (χ1) is 13.7. The molecule has 0 aliphatic carbocycles. The Morgan fingerprint density at radius 1 is 1.03 bits per heavy atom. The van der Waals surface area contributed by atoms with Crippen molar-refractivity contribution >= 4 is 15.8 Å². The molecule has 0 amide bonds. The molecule has 1 fully saturated rings. The molecule has 1 aromatic carbocycles. The molecule has 0 spiro atoms. The molecule has 0 N–H and O–H groups in total. The summed E-state index contributed by atoms with van der Waals surface area (Å²) in [6.07, 6.45) is 0.902. The molecule has 1 aliphatic heterocycles. The highest BCUT2D eigenvalue weighted by molar-refractivity contribution is 7.89. The number of rotatable bonds is 4. The summed E-state index contributed by atoms with van der Waals surface area (Å²) in [6, 6.07) is 5.41. The zero-order chi connectivity index (χ0) is 20.6. The normalized spacial score (nSPS) is 17.1. The molecule has 154 valence electrons. The molecular weight excluding hydrogens is 407 g/mol. The largest absolute Gasteiger partial charge is 0.416 e. The van der Waals surface area contributed by atoms with Gasteiger partial charge in [0.25, 0.3) is 0 Å². The maximum absolute atomic E-state index is 12.7. The summed E-state index contributed by atoms with van der Waals surface area (Å²) < 4.78 is 66.6. The number of piperazine rings is 1. The Kier molecular flexibility index (Phi) is 5.05. The zero-order valence-electron chi connectivity index (χ0n) is 15.2. The van der Waals surface area contributed by atoms with Gasteiger partial charge in [0.05, 0.1) is 16.2 Å². The van der Waals surface area contributed by atoms with E-state index >= 15 is 0 Å². The monoisotopic (exact) mass is 425 g/mol. The van der Waals surface area contributed by atoms with Crippen LogP contribution in [0.5, 0.6) is 0 Å². The van der Waals surface area contributed by atoms with Crippen LogP contribution in [0.3, 0.4) is 0 Å². The van der Waals surface area contributed by atoms with Crippen molar-refractivity contribution in [2.75, 3.05) is 26.2 Å². The van der Waals surface area contributed by atoms with Gasteiger partial charge in [-0.2, -0.15) is 17.5 Å². The summed E-state index contributed by atoms with van der Waals surface area (Å²) >= 11 is 0. The smallest absolute Gasteiger partial charge is 0.295 e. The highest BCUT2D eigenvalue weighted by Crippen LogP contribution is 2.30. The zero-order valence-corrected chi connectivity index (χ0v) is 16.1. The summed E-state index contributed by atoms with van der Waals surface area (Å²) in [6.45, 7) is 2.09. The Hall–Kier alpha value is -2.50. The third kappa shape index (κ3) is 4.11. The first-order valence-electron chi connectivity index (χ1n) is 8.92. The summed E-state index contributed by atoms with van der Waals surface area (Å²) in [4.78, 5) is 10.6. The van der Waals surface area contributed by atoms with Crippen LogP contribution in [-0.2, 0) is 22.7 Å². The first-order valence-corrected chi connectivity index (χ1v) is 10.4. The van der Waals surface area contributed by atoms with Gasteiger partial charge in [-0.3, -0.25) is 9.30 Å². The van der Waals surface area contributed by atoms with Crippen LogP contribution in [0, 0.1) is 0 Å². The number of hydrogen-bond acceptors (Lipinski definition) is 5. The predicted octanol–water partition coefficient (Wildman–Crippen LogP) is 2.25. The van der Waals surface area contributed by atoms with E-state index < -0.39 is 21.8 Å². The van der Waals surface area contributed by atoms with Gasteiger partial charge in [-0.05, 0) is 30.3 Å². The number of nitrogens with zero attached hydrogens (tertiary/aromatic N) is 5. The van der Waals surface area contributed by atoms with E-state index in [0.29, 0.717) is 25.4 Å². The molecule has 3 aromatic rings. The van der Waals surface area contributed by atoms with Gasteiger partial charge < -0.3 is 0 Å². The van der Waals surface area contributed by atoms with Crippen molar-refractivity contribution in [3.05, 3.63) is 60.2 Å². The van der Waals surface area contributed by atoms with Crippen LogP contribution in [0.2, 0.25) is 0 Å². The van der Waals surface area contributed by atoms with Crippen molar-refractivity contribution in [1.82, 2.24) is 23.6 Å². The van der Waals surface area contributed by atoms with Gasteiger partial charge in [0.1, 0.15) is 0 Å². The molecule has 7 nitrogen and oxygen atoms in total. The molecule has 0 bridgehead atoms. The van der Waals surface area contributed by atoms with Crippen molar-refractivity contribution in [3.8, 4) is 0 Å². The Morgan fingerprint density at radius 2 is 1.72 bits per heavy atom. The molecule has 1 aliphatic rings. The van der Waals surface area contributed by atoms with E-state index in [1.165, 1.54) is 4.31 Å². The quantitative estimate of drug-likeness (QED) is 0.641. The number of aromatic nitrogens is 3. The number of imidazole rings is 1. The second-order valence-corrected chi connectivity index (χ2v) is 8.70.